The molecule has 9 heteroatoms. The molecule has 31 heavy (non-hydrogen) atoms. The van der Waals surface area contributed by atoms with Crippen molar-refractivity contribution < 1.29 is 14.3 Å². The first-order chi connectivity index (χ1) is 15.0. The summed E-state index contributed by atoms with van der Waals surface area (Å²) in [5.74, 6) is 0.345. The van der Waals surface area contributed by atoms with Crippen molar-refractivity contribution in [3.63, 3.8) is 0 Å². The largest absolute Gasteiger partial charge is 0.365 e. The lowest BCUT2D eigenvalue weighted by molar-refractivity contribution is -0.152. The van der Waals surface area contributed by atoms with E-state index in [2.05, 4.69) is 15.6 Å². The van der Waals surface area contributed by atoms with Crippen LogP contribution >= 0.6 is 11.6 Å². The van der Waals surface area contributed by atoms with E-state index in [1.807, 2.05) is 33.8 Å². The summed E-state index contributed by atoms with van der Waals surface area (Å²) < 4.78 is 8.20. The number of rotatable bonds is 5. The minimum atomic E-state index is -0.447. The molecule has 5 rings (SSSR count). The first kappa shape index (κ1) is 20.5. The van der Waals surface area contributed by atoms with E-state index in [1.54, 1.807) is 0 Å². The van der Waals surface area contributed by atoms with Gasteiger partial charge < -0.3 is 15.0 Å². The monoisotopic (exact) mass is 443 g/mol. The molecular weight excluding hydrogens is 418 g/mol. The number of hydrogen-bond donors (Lipinski definition) is 1. The van der Waals surface area contributed by atoms with Crippen LogP contribution in [-0.2, 0) is 40.4 Å². The van der Waals surface area contributed by atoms with Gasteiger partial charge in [-0.1, -0.05) is 28.9 Å². The number of nitrogens with one attached hydrogen (secondary N) is 1. The smallest absolute Gasteiger partial charge is 0.227 e. The maximum absolute atomic E-state index is 12.9. The minimum absolute atomic E-state index is 0.0813. The van der Waals surface area contributed by atoms with Crippen molar-refractivity contribution in [2.24, 2.45) is 5.92 Å². The Kier molecular flexibility index (Phi) is 5.44. The van der Waals surface area contributed by atoms with Gasteiger partial charge >= 0.3 is 0 Å². The topological polar surface area (TPSA) is 89.3 Å². The third-order valence-corrected chi connectivity index (χ3v) is 6.62. The highest BCUT2D eigenvalue weighted by molar-refractivity contribution is 6.30. The molecule has 1 spiro atoms. The third-order valence-electron chi connectivity index (χ3n) is 6.39. The number of carbonyl (C=O) groups is 2. The number of aromatic nitrogens is 3. The quantitative estimate of drug-likeness (QED) is 0.764. The molecule has 8 nitrogen and oxygen atoms in total. The Morgan fingerprint density at radius 3 is 2.97 bits per heavy atom. The third kappa shape index (κ3) is 4.45. The van der Waals surface area contributed by atoms with Gasteiger partial charge in [0.1, 0.15) is 11.3 Å². The van der Waals surface area contributed by atoms with Crippen molar-refractivity contribution in [3.8, 4) is 0 Å². The molecule has 1 aliphatic carbocycles. The van der Waals surface area contributed by atoms with Crippen molar-refractivity contribution >= 4 is 23.4 Å². The van der Waals surface area contributed by atoms with Gasteiger partial charge in [-0.15, -0.1) is 5.10 Å². The van der Waals surface area contributed by atoms with Crippen LogP contribution in [0, 0.1) is 5.92 Å². The first-order valence-electron chi connectivity index (χ1n) is 10.9. The minimum Gasteiger partial charge on any atom is -0.365 e. The molecular formula is C22H26ClN5O3. The highest BCUT2D eigenvalue weighted by Crippen LogP contribution is 2.33. The van der Waals surface area contributed by atoms with Crippen molar-refractivity contribution in [2.45, 2.75) is 57.4 Å². The van der Waals surface area contributed by atoms with Gasteiger partial charge in [0.25, 0.3) is 0 Å². The van der Waals surface area contributed by atoms with Crippen LogP contribution in [0.5, 0.6) is 0 Å². The molecule has 0 bridgehead atoms. The maximum atomic E-state index is 12.9. The molecule has 0 radical (unpaired) electrons. The molecule has 1 saturated heterocycles. The number of likely N-dealkylation sites (tertiary alicyclic amines) is 1. The van der Waals surface area contributed by atoms with Gasteiger partial charge in [-0.25, -0.2) is 4.68 Å². The molecule has 1 saturated carbocycles. The van der Waals surface area contributed by atoms with E-state index in [4.69, 9.17) is 16.3 Å². The second-order valence-electron chi connectivity index (χ2n) is 8.83. The summed E-state index contributed by atoms with van der Waals surface area (Å²) in [6.07, 6.45) is 4.04. The van der Waals surface area contributed by atoms with Gasteiger partial charge in [-0.2, -0.15) is 0 Å². The van der Waals surface area contributed by atoms with E-state index in [-0.39, 0.29) is 17.7 Å². The summed E-state index contributed by atoms with van der Waals surface area (Å²) in [4.78, 5) is 26.7. The summed E-state index contributed by atoms with van der Waals surface area (Å²) >= 11 is 6.06. The zero-order chi connectivity index (χ0) is 21.4. The summed E-state index contributed by atoms with van der Waals surface area (Å²) in [6.45, 7) is 2.60. The summed E-state index contributed by atoms with van der Waals surface area (Å²) in [6, 6.07) is 7.43. The fraction of sp³-hybridized carbons (Fsp3) is 0.545. The lowest BCUT2D eigenvalue weighted by Gasteiger charge is -2.44. The van der Waals surface area contributed by atoms with Crippen LogP contribution in [0.3, 0.4) is 0 Å². The van der Waals surface area contributed by atoms with Crippen LogP contribution in [0.4, 0.5) is 0 Å². The Labute approximate surface area is 185 Å². The van der Waals surface area contributed by atoms with E-state index in [9.17, 15) is 9.59 Å². The van der Waals surface area contributed by atoms with Gasteiger partial charge in [0.2, 0.25) is 11.8 Å². The van der Waals surface area contributed by atoms with Crippen LogP contribution < -0.4 is 5.32 Å². The molecule has 1 aromatic carbocycles. The zero-order valence-electron chi connectivity index (χ0n) is 17.3. The molecule has 1 N–H and O–H groups in total. The molecule has 2 amide bonds. The maximum Gasteiger partial charge on any atom is 0.227 e. The Morgan fingerprint density at radius 2 is 2.16 bits per heavy atom. The number of hydrogen-bond acceptors (Lipinski definition) is 5. The van der Waals surface area contributed by atoms with Crippen LogP contribution in [-0.4, -0.2) is 50.4 Å². The second-order valence-corrected chi connectivity index (χ2v) is 9.27. The number of halogens is 1. The predicted molar refractivity (Wildman–Crippen MR) is 113 cm³/mol. The Morgan fingerprint density at radius 1 is 1.29 bits per heavy atom. The van der Waals surface area contributed by atoms with Crippen molar-refractivity contribution in [1.82, 2.24) is 25.2 Å². The Hall–Kier alpha value is -2.45. The molecule has 3 aliphatic rings. The lowest BCUT2D eigenvalue weighted by atomic mass is 9.91. The van der Waals surface area contributed by atoms with Gasteiger partial charge in [-0.3, -0.25) is 9.59 Å². The number of ether oxygens (including phenoxy) is 1. The van der Waals surface area contributed by atoms with Crippen LogP contribution in [0.25, 0.3) is 0 Å². The Balaban J connectivity index is 1.23. The average molecular weight is 444 g/mol. The zero-order valence-corrected chi connectivity index (χ0v) is 18.1. The first-order valence-corrected chi connectivity index (χ1v) is 11.2. The van der Waals surface area contributed by atoms with Crippen molar-refractivity contribution in [1.29, 1.82) is 0 Å². The number of piperidine rings is 1. The van der Waals surface area contributed by atoms with E-state index in [0.29, 0.717) is 37.7 Å². The van der Waals surface area contributed by atoms with E-state index >= 15 is 0 Å². The number of nitrogens with zero attached hydrogens (tertiary/aromatic N) is 4. The van der Waals surface area contributed by atoms with Gasteiger partial charge in [0.15, 0.2) is 0 Å². The van der Waals surface area contributed by atoms with E-state index in [0.717, 1.165) is 49.2 Å². The fourth-order valence-corrected chi connectivity index (χ4v) is 4.70. The molecule has 2 aromatic rings. The summed E-state index contributed by atoms with van der Waals surface area (Å²) in [7, 11) is 0. The van der Waals surface area contributed by atoms with E-state index < -0.39 is 5.60 Å². The van der Waals surface area contributed by atoms with Gasteiger partial charge in [0, 0.05) is 17.5 Å². The van der Waals surface area contributed by atoms with Crippen molar-refractivity contribution in [2.75, 3.05) is 13.1 Å². The SMILES string of the molecule is O=C(NCc1nnn2c1COC1(CCCN(C(=O)Cc3cccc(Cl)c3)C1)C2)C1CC1. The average Bonchev–Trinajstić information content (AvgIpc) is 3.53. The molecule has 164 valence electrons. The van der Waals surface area contributed by atoms with Crippen LogP contribution in [0.15, 0.2) is 24.3 Å². The summed E-state index contributed by atoms with van der Waals surface area (Å²) in [5.41, 5.74) is 2.13. The number of carbonyl (C=O) groups excluding carboxylic acids is 2. The van der Waals surface area contributed by atoms with Crippen LogP contribution in [0.2, 0.25) is 5.02 Å². The Bertz CT molecular complexity index is 1000. The van der Waals surface area contributed by atoms with Gasteiger partial charge in [0.05, 0.1) is 38.4 Å². The number of fused-ring (bicyclic) bond motifs is 1. The molecule has 2 fully saturated rings. The fourth-order valence-electron chi connectivity index (χ4n) is 4.48. The predicted octanol–water partition coefficient (Wildman–Crippen LogP) is 2.09. The van der Waals surface area contributed by atoms with E-state index in [1.165, 1.54) is 0 Å². The molecule has 1 unspecified atom stereocenters. The standard InChI is InChI=1S/C22H26ClN5O3/c23-17-4-1-3-15(9-17)10-20(29)27-8-2-7-22(13-27)14-28-19(12-31-22)18(25-26-28)11-24-21(30)16-5-6-16/h1,3-4,9,16H,2,5-8,10-14H2,(H,24,30). The van der Waals surface area contributed by atoms with Crippen LogP contribution in [0.1, 0.15) is 42.6 Å². The number of amides is 2. The highest BCUT2D eigenvalue weighted by Gasteiger charge is 2.42. The lowest BCUT2D eigenvalue weighted by Crippen LogP contribution is -2.56. The molecule has 1 atom stereocenters. The highest BCUT2D eigenvalue weighted by atomic mass is 35.5. The van der Waals surface area contributed by atoms with Crippen molar-refractivity contribution in [3.05, 3.63) is 46.2 Å². The molecule has 1 aromatic heterocycles. The second kappa shape index (κ2) is 8.24. The van der Waals surface area contributed by atoms with Gasteiger partial charge in [-0.05, 0) is 43.4 Å². The normalized spacial score (nSPS) is 22.9. The number of benzene rings is 1. The summed E-state index contributed by atoms with van der Waals surface area (Å²) in [5, 5.41) is 12.2. The molecule has 2 aliphatic heterocycles. The molecule has 3 heterocycles.